The molecule has 1 N–H and O–H groups in total. The third-order valence-corrected chi connectivity index (χ3v) is 4.17. The molecule has 0 radical (unpaired) electrons. The summed E-state index contributed by atoms with van der Waals surface area (Å²) in [4.78, 5) is 13.0. The number of nitrogens with zero attached hydrogens (tertiary/aromatic N) is 1. The fourth-order valence-electron chi connectivity index (χ4n) is 1.52. The zero-order chi connectivity index (χ0) is 14.0. The molecular weight excluding hydrogens is 252 g/mol. The largest absolute Gasteiger partial charge is 0.342 e. The van der Waals surface area contributed by atoms with E-state index in [-0.39, 0.29) is 11.7 Å². The van der Waals surface area contributed by atoms with E-state index in [9.17, 15) is 13.2 Å². The molecule has 0 aliphatic carbocycles. The molecule has 0 aliphatic rings. The molecule has 0 saturated carbocycles. The molecule has 18 heavy (non-hydrogen) atoms. The van der Waals surface area contributed by atoms with Crippen LogP contribution in [0.3, 0.4) is 0 Å². The van der Waals surface area contributed by atoms with Gasteiger partial charge in [-0.15, -0.1) is 0 Å². The van der Waals surface area contributed by atoms with E-state index in [2.05, 4.69) is 11.6 Å². The van der Waals surface area contributed by atoms with Gasteiger partial charge in [0.15, 0.2) is 0 Å². The number of unbranched alkanes of at least 4 members (excludes halogenated alkanes) is 2. The van der Waals surface area contributed by atoms with Crippen LogP contribution in [0.25, 0.3) is 0 Å². The maximum atomic E-state index is 11.5. The van der Waals surface area contributed by atoms with Gasteiger partial charge in [-0.1, -0.05) is 26.7 Å². The Bertz CT molecular complexity index is 328. The number of sulfonamides is 1. The van der Waals surface area contributed by atoms with Crippen LogP contribution in [0, 0.1) is 0 Å². The van der Waals surface area contributed by atoms with Crippen molar-refractivity contribution in [3.8, 4) is 0 Å². The van der Waals surface area contributed by atoms with E-state index in [1.54, 1.807) is 4.90 Å². The standard InChI is InChI=1S/C12H26N2O3S/c1-4-6-9-14(12(3)15)10-8-13-18(16,17)11-7-5-2/h13H,4-11H2,1-3H3. The molecule has 0 unspecified atom stereocenters. The highest BCUT2D eigenvalue weighted by Crippen LogP contribution is 1.97. The molecule has 0 aromatic rings. The zero-order valence-corrected chi connectivity index (χ0v) is 12.6. The van der Waals surface area contributed by atoms with Gasteiger partial charge in [-0.2, -0.15) is 0 Å². The lowest BCUT2D eigenvalue weighted by Crippen LogP contribution is -2.38. The first kappa shape index (κ1) is 17.4. The van der Waals surface area contributed by atoms with Gasteiger partial charge in [0.25, 0.3) is 0 Å². The van der Waals surface area contributed by atoms with Gasteiger partial charge in [-0.05, 0) is 12.8 Å². The van der Waals surface area contributed by atoms with E-state index in [1.165, 1.54) is 6.92 Å². The second-order valence-electron chi connectivity index (χ2n) is 4.43. The number of amides is 1. The minimum absolute atomic E-state index is 0.00351. The number of hydrogen-bond donors (Lipinski definition) is 1. The predicted molar refractivity (Wildman–Crippen MR) is 73.9 cm³/mol. The second kappa shape index (κ2) is 9.33. The number of nitrogens with one attached hydrogen (secondary N) is 1. The van der Waals surface area contributed by atoms with Gasteiger partial charge in [0.05, 0.1) is 5.75 Å². The van der Waals surface area contributed by atoms with Crippen molar-refractivity contribution in [1.29, 1.82) is 0 Å². The summed E-state index contributed by atoms with van der Waals surface area (Å²) in [6.07, 6.45) is 3.49. The van der Waals surface area contributed by atoms with Crippen LogP contribution >= 0.6 is 0 Å². The van der Waals surface area contributed by atoms with Crippen LogP contribution in [0.15, 0.2) is 0 Å². The maximum absolute atomic E-state index is 11.5. The average molecular weight is 278 g/mol. The van der Waals surface area contributed by atoms with Crippen LogP contribution in [-0.2, 0) is 14.8 Å². The van der Waals surface area contributed by atoms with Crippen molar-refractivity contribution in [3.05, 3.63) is 0 Å². The van der Waals surface area contributed by atoms with Crippen LogP contribution < -0.4 is 4.72 Å². The Morgan fingerprint density at radius 2 is 1.72 bits per heavy atom. The van der Waals surface area contributed by atoms with E-state index in [1.807, 2.05) is 6.92 Å². The summed E-state index contributed by atoms with van der Waals surface area (Å²) in [6.45, 7) is 6.98. The van der Waals surface area contributed by atoms with Crippen molar-refractivity contribution in [1.82, 2.24) is 9.62 Å². The Hall–Kier alpha value is -0.620. The smallest absolute Gasteiger partial charge is 0.219 e. The lowest BCUT2D eigenvalue weighted by Gasteiger charge is -2.20. The van der Waals surface area contributed by atoms with Gasteiger partial charge in [-0.3, -0.25) is 4.79 Å². The SMILES string of the molecule is CCCCN(CCNS(=O)(=O)CCCC)C(C)=O. The third-order valence-electron chi connectivity index (χ3n) is 2.70. The molecule has 0 aromatic heterocycles. The van der Waals surface area contributed by atoms with Crippen LogP contribution in [0.1, 0.15) is 46.5 Å². The molecule has 0 spiro atoms. The molecule has 0 rings (SSSR count). The summed E-state index contributed by atoms with van der Waals surface area (Å²) in [5, 5.41) is 0. The predicted octanol–water partition coefficient (Wildman–Crippen LogP) is 1.35. The molecule has 0 aliphatic heterocycles. The average Bonchev–Trinajstić information content (AvgIpc) is 2.30. The van der Waals surface area contributed by atoms with Gasteiger partial charge in [-0.25, -0.2) is 13.1 Å². The number of carbonyl (C=O) groups is 1. The van der Waals surface area contributed by atoms with Crippen LogP contribution in [-0.4, -0.2) is 44.6 Å². The summed E-state index contributed by atoms with van der Waals surface area (Å²) >= 11 is 0. The van der Waals surface area contributed by atoms with Gasteiger partial charge in [0.1, 0.15) is 0 Å². The molecule has 6 heteroatoms. The van der Waals surface area contributed by atoms with Gasteiger partial charge < -0.3 is 4.90 Å². The van der Waals surface area contributed by atoms with Crippen LogP contribution in [0.5, 0.6) is 0 Å². The molecule has 108 valence electrons. The molecule has 0 bridgehead atoms. The molecule has 0 atom stereocenters. The van der Waals surface area contributed by atoms with E-state index in [0.29, 0.717) is 26.1 Å². The summed E-state index contributed by atoms with van der Waals surface area (Å²) in [5.41, 5.74) is 0. The molecule has 1 amide bonds. The number of carbonyl (C=O) groups excluding carboxylic acids is 1. The summed E-state index contributed by atoms with van der Waals surface area (Å²) < 4.78 is 25.6. The first-order chi connectivity index (χ1) is 8.43. The number of hydrogen-bond acceptors (Lipinski definition) is 3. The summed E-state index contributed by atoms with van der Waals surface area (Å²) in [6, 6.07) is 0. The Labute approximate surface area is 111 Å². The first-order valence-electron chi connectivity index (χ1n) is 6.65. The topological polar surface area (TPSA) is 66.5 Å². The minimum Gasteiger partial charge on any atom is -0.342 e. The van der Waals surface area contributed by atoms with E-state index in [0.717, 1.165) is 19.3 Å². The van der Waals surface area contributed by atoms with Crippen molar-refractivity contribution in [3.63, 3.8) is 0 Å². The highest BCUT2D eigenvalue weighted by Gasteiger charge is 2.11. The first-order valence-corrected chi connectivity index (χ1v) is 8.31. The molecule has 0 heterocycles. The molecule has 5 nitrogen and oxygen atoms in total. The zero-order valence-electron chi connectivity index (χ0n) is 11.7. The molecule has 0 fully saturated rings. The van der Waals surface area contributed by atoms with E-state index in [4.69, 9.17) is 0 Å². The Balaban J connectivity index is 4.01. The van der Waals surface area contributed by atoms with Crippen molar-refractivity contribution >= 4 is 15.9 Å². The molecule has 0 saturated heterocycles. The monoisotopic (exact) mass is 278 g/mol. The lowest BCUT2D eigenvalue weighted by molar-refractivity contribution is -0.128. The Morgan fingerprint density at radius 3 is 2.22 bits per heavy atom. The second-order valence-corrected chi connectivity index (χ2v) is 6.35. The Kier molecular flexibility index (Phi) is 9.01. The van der Waals surface area contributed by atoms with E-state index >= 15 is 0 Å². The van der Waals surface area contributed by atoms with E-state index < -0.39 is 10.0 Å². The van der Waals surface area contributed by atoms with Gasteiger partial charge in [0.2, 0.25) is 15.9 Å². The van der Waals surface area contributed by atoms with Gasteiger partial charge in [0, 0.05) is 26.6 Å². The number of rotatable bonds is 10. The van der Waals surface area contributed by atoms with Crippen LogP contribution in [0.4, 0.5) is 0 Å². The minimum atomic E-state index is -3.17. The fourth-order valence-corrected chi connectivity index (χ4v) is 2.73. The van der Waals surface area contributed by atoms with Gasteiger partial charge >= 0.3 is 0 Å². The summed E-state index contributed by atoms with van der Waals surface area (Å²) in [5.74, 6) is 0.162. The van der Waals surface area contributed by atoms with Crippen molar-refractivity contribution in [2.75, 3.05) is 25.4 Å². The quantitative estimate of drug-likeness (QED) is 0.656. The Morgan fingerprint density at radius 1 is 1.11 bits per heavy atom. The molecule has 0 aromatic carbocycles. The fraction of sp³-hybridized carbons (Fsp3) is 0.917. The maximum Gasteiger partial charge on any atom is 0.219 e. The van der Waals surface area contributed by atoms with Crippen molar-refractivity contribution in [2.24, 2.45) is 0 Å². The van der Waals surface area contributed by atoms with Crippen molar-refractivity contribution in [2.45, 2.75) is 46.5 Å². The highest BCUT2D eigenvalue weighted by atomic mass is 32.2. The highest BCUT2D eigenvalue weighted by molar-refractivity contribution is 7.89. The lowest BCUT2D eigenvalue weighted by atomic mass is 10.3. The third kappa shape index (κ3) is 8.47. The normalized spacial score (nSPS) is 11.5. The molecular formula is C12H26N2O3S. The van der Waals surface area contributed by atoms with Crippen LogP contribution in [0.2, 0.25) is 0 Å². The van der Waals surface area contributed by atoms with Crippen molar-refractivity contribution < 1.29 is 13.2 Å². The summed E-state index contributed by atoms with van der Waals surface area (Å²) in [7, 11) is -3.17.